The molecule has 4 heterocycles. The van der Waals surface area contributed by atoms with E-state index in [1.54, 1.807) is 16.6 Å². The number of anilines is 1. The minimum absolute atomic E-state index is 0.132. The van der Waals surface area contributed by atoms with Crippen LogP contribution >= 0.6 is 11.3 Å². The van der Waals surface area contributed by atoms with Crippen LogP contribution in [0.25, 0.3) is 5.78 Å². The van der Waals surface area contributed by atoms with Crippen molar-refractivity contribution in [3.63, 3.8) is 0 Å². The maximum atomic E-state index is 13.2. The molecule has 0 bridgehead atoms. The van der Waals surface area contributed by atoms with E-state index in [0.717, 1.165) is 41.8 Å². The third-order valence-electron chi connectivity index (χ3n) is 6.33. The molecule has 4 aromatic heterocycles. The first-order valence-corrected chi connectivity index (χ1v) is 11.9. The lowest BCUT2D eigenvalue weighted by atomic mass is 9.87. The van der Waals surface area contributed by atoms with Crippen LogP contribution in [-0.4, -0.2) is 31.3 Å². The van der Waals surface area contributed by atoms with Gasteiger partial charge in [-0.25, -0.2) is 9.50 Å². The summed E-state index contributed by atoms with van der Waals surface area (Å²) in [5, 5.41) is 7.86. The SMILES string of the molecule is Cc1nc2ncnn2c(C)c1CCC(=O)Nc1sc2c(c1C(=O)c1ccco1)CCC(C)C2. The zero-order chi connectivity index (χ0) is 23.1. The number of aryl methyl sites for hydroxylation is 2. The average Bonchev–Trinajstić information content (AvgIpc) is 3.52. The van der Waals surface area contributed by atoms with Gasteiger partial charge in [0, 0.05) is 22.7 Å². The molecular formula is C24H25N5O3S. The highest BCUT2D eigenvalue weighted by Crippen LogP contribution is 2.40. The van der Waals surface area contributed by atoms with Crippen LogP contribution in [0.3, 0.4) is 0 Å². The fraction of sp³-hybridized carbons (Fsp3) is 0.375. The van der Waals surface area contributed by atoms with Gasteiger partial charge in [0.05, 0.1) is 11.8 Å². The van der Waals surface area contributed by atoms with Gasteiger partial charge in [0.15, 0.2) is 5.76 Å². The summed E-state index contributed by atoms with van der Waals surface area (Å²) in [5.41, 5.74) is 4.40. The highest BCUT2D eigenvalue weighted by molar-refractivity contribution is 7.17. The van der Waals surface area contributed by atoms with Crippen LogP contribution in [0.2, 0.25) is 0 Å². The number of hydrogen-bond donors (Lipinski definition) is 1. The van der Waals surface area contributed by atoms with Crippen molar-refractivity contribution < 1.29 is 14.0 Å². The lowest BCUT2D eigenvalue weighted by molar-refractivity contribution is -0.116. The highest BCUT2D eigenvalue weighted by atomic mass is 32.1. The van der Waals surface area contributed by atoms with Crippen molar-refractivity contribution in [1.82, 2.24) is 19.6 Å². The van der Waals surface area contributed by atoms with Crippen molar-refractivity contribution in [2.24, 2.45) is 5.92 Å². The number of nitrogens with zero attached hydrogens (tertiary/aromatic N) is 4. The van der Waals surface area contributed by atoms with Crippen LogP contribution in [0, 0.1) is 19.8 Å². The molecule has 0 spiro atoms. The molecule has 0 aliphatic heterocycles. The fourth-order valence-electron chi connectivity index (χ4n) is 4.55. The summed E-state index contributed by atoms with van der Waals surface area (Å²) in [4.78, 5) is 36.0. The lowest BCUT2D eigenvalue weighted by Crippen LogP contribution is -2.16. The number of furan rings is 1. The number of ketones is 1. The summed E-state index contributed by atoms with van der Waals surface area (Å²) in [6, 6.07) is 3.37. The zero-order valence-corrected chi connectivity index (χ0v) is 19.7. The Morgan fingerprint density at radius 3 is 2.97 bits per heavy atom. The molecule has 0 saturated heterocycles. The van der Waals surface area contributed by atoms with Crippen molar-refractivity contribution in [1.29, 1.82) is 0 Å². The van der Waals surface area contributed by atoms with E-state index in [-0.39, 0.29) is 18.1 Å². The lowest BCUT2D eigenvalue weighted by Gasteiger charge is -2.18. The van der Waals surface area contributed by atoms with Crippen molar-refractivity contribution in [3.05, 3.63) is 63.4 Å². The van der Waals surface area contributed by atoms with Gasteiger partial charge in [0.2, 0.25) is 11.7 Å². The van der Waals surface area contributed by atoms with E-state index < -0.39 is 0 Å². The third kappa shape index (κ3) is 3.97. The van der Waals surface area contributed by atoms with Crippen LogP contribution in [0.15, 0.2) is 29.1 Å². The minimum atomic E-state index is -0.171. The largest absolute Gasteiger partial charge is 0.461 e. The van der Waals surface area contributed by atoms with E-state index in [2.05, 4.69) is 27.3 Å². The molecule has 1 N–H and O–H groups in total. The molecule has 0 radical (unpaired) electrons. The number of nitrogens with one attached hydrogen (secondary N) is 1. The summed E-state index contributed by atoms with van der Waals surface area (Å²) < 4.78 is 7.06. The number of aromatic nitrogens is 4. The van der Waals surface area contributed by atoms with Gasteiger partial charge in [-0.05, 0) is 68.7 Å². The predicted molar refractivity (Wildman–Crippen MR) is 125 cm³/mol. The zero-order valence-electron chi connectivity index (χ0n) is 18.8. The number of hydrogen-bond acceptors (Lipinski definition) is 7. The molecule has 0 saturated carbocycles. The molecule has 4 aromatic rings. The Balaban J connectivity index is 1.39. The van der Waals surface area contributed by atoms with Gasteiger partial charge in [0.1, 0.15) is 11.3 Å². The summed E-state index contributed by atoms with van der Waals surface area (Å²) >= 11 is 1.52. The Morgan fingerprint density at radius 1 is 1.33 bits per heavy atom. The normalized spacial score (nSPS) is 15.5. The number of carbonyl (C=O) groups excluding carboxylic acids is 2. The van der Waals surface area contributed by atoms with E-state index >= 15 is 0 Å². The van der Waals surface area contributed by atoms with Crippen LogP contribution < -0.4 is 5.32 Å². The molecule has 1 amide bonds. The van der Waals surface area contributed by atoms with Gasteiger partial charge in [-0.2, -0.15) is 10.1 Å². The van der Waals surface area contributed by atoms with Crippen LogP contribution in [0.5, 0.6) is 0 Å². The maximum Gasteiger partial charge on any atom is 0.252 e. The van der Waals surface area contributed by atoms with Crippen molar-refractivity contribution in [2.75, 3.05) is 5.32 Å². The average molecular weight is 464 g/mol. The van der Waals surface area contributed by atoms with Crippen molar-refractivity contribution >= 4 is 33.8 Å². The highest BCUT2D eigenvalue weighted by Gasteiger charge is 2.30. The Bertz CT molecular complexity index is 1350. The van der Waals surface area contributed by atoms with Crippen LogP contribution in [0.1, 0.15) is 63.3 Å². The molecule has 5 rings (SSSR count). The van der Waals surface area contributed by atoms with Crippen LogP contribution in [-0.2, 0) is 24.1 Å². The Kier molecular flexibility index (Phi) is 5.57. The van der Waals surface area contributed by atoms with Gasteiger partial charge in [0.25, 0.3) is 5.78 Å². The summed E-state index contributed by atoms with van der Waals surface area (Å²) in [6.45, 7) is 6.10. The van der Waals surface area contributed by atoms with Gasteiger partial charge in [-0.3, -0.25) is 9.59 Å². The first kappa shape index (κ1) is 21.5. The van der Waals surface area contributed by atoms with Gasteiger partial charge < -0.3 is 9.73 Å². The van der Waals surface area contributed by atoms with Crippen molar-refractivity contribution in [3.8, 4) is 0 Å². The molecule has 0 aromatic carbocycles. The molecule has 170 valence electrons. The molecular weight excluding hydrogens is 438 g/mol. The Labute approximate surface area is 195 Å². The first-order chi connectivity index (χ1) is 15.9. The minimum Gasteiger partial charge on any atom is -0.461 e. The topological polar surface area (TPSA) is 102 Å². The smallest absolute Gasteiger partial charge is 0.252 e. The van der Waals surface area contributed by atoms with Crippen molar-refractivity contribution in [2.45, 2.75) is 52.9 Å². The standard InChI is InChI=1S/C24H25N5O3S/c1-13-6-7-17-19(11-13)33-23(21(17)22(31)18-5-4-10-32-18)28-20(30)9-8-16-14(2)27-24-25-12-26-29(24)15(16)3/h4-5,10,12-13H,6-9,11H2,1-3H3,(H,28,30). The molecule has 1 unspecified atom stereocenters. The van der Waals surface area contributed by atoms with E-state index in [1.165, 1.54) is 28.8 Å². The maximum absolute atomic E-state index is 13.2. The molecule has 1 atom stereocenters. The monoisotopic (exact) mass is 463 g/mol. The van der Waals surface area contributed by atoms with Gasteiger partial charge in [-0.1, -0.05) is 6.92 Å². The predicted octanol–water partition coefficient (Wildman–Crippen LogP) is 4.32. The van der Waals surface area contributed by atoms with E-state index in [4.69, 9.17) is 4.42 Å². The molecule has 33 heavy (non-hydrogen) atoms. The van der Waals surface area contributed by atoms with E-state index in [1.807, 2.05) is 13.8 Å². The van der Waals surface area contributed by atoms with Gasteiger partial charge >= 0.3 is 0 Å². The first-order valence-electron chi connectivity index (χ1n) is 11.1. The van der Waals surface area contributed by atoms with Crippen LogP contribution in [0.4, 0.5) is 5.00 Å². The number of amides is 1. The quantitative estimate of drug-likeness (QED) is 0.427. The second kappa shape index (κ2) is 8.55. The number of rotatable bonds is 6. The second-order valence-electron chi connectivity index (χ2n) is 8.64. The molecule has 0 fully saturated rings. The number of fused-ring (bicyclic) bond motifs is 2. The molecule has 1 aliphatic carbocycles. The molecule has 9 heteroatoms. The number of carbonyl (C=O) groups is 2. The van der Waals surface area contributed by atoms with E-state index in [0.29, 0.717) is 34.4 Å². The summed E-state index contributed by atoms with van der Waals surface area (Å²) in [6.07, 6.45) is 6.57. The Morgan fingerprint density at radius 2 is 2.18 bits per heavy atom. The molecule has 8 nitrogen and oxygen atoms in total. The molecule has 1 aliphatic rings. The van der Waals surface area contributed by atoms with E-state index in [9.17, 15) is 9.59 Å². The fourth-order valence-corrected chi connectivity index (χ4v) is 5.98. The second-order valence-corrected chi connectivity index (χ2v) is 9.75. The Hall–Kier alpha value is -3.33. The summed E-state index contributed by atoms with van der Waals surface area (Å²) in [5.74, 6) is 1.11. The van der Waals surface area contributed by atoms with Gasteiger partial charge in [-0.15, -0.1) is 11.3 Å². The third-order valence-corrected chi connectivity index (χ3v) is 7.50. The number of thiophene rings is 1. The summed E-state index contributed by atoms with van der Waals surface area (Å²) in [7, 11) is 0.